The number of fused-ring (bicyclic) bond motifs is 1. The van der Waals surface area contributed by atoms with Crippen molar-refractivity contribution in [2.45, 2.75) is 12.7 Å². The molecular weight excluding hydrogens is 363 g/mol. The van der Waals surface area contributed by atoms with Crippen molar-refractivity contribution in [1.29, 1.82) is 0 Å². The Hall–Kier alpha value is -3.49. The lowest BCUT2D eigenvalue weighted by atomic mass is 10.1. The van der Waals surface area contributed by atoms with Crippen molar-refractivity contribution in [3.05, 3.63) is 71.1 Å². The van der Waals surface area contributed by atoms with E-state index in [1.807, 2.05) is 0 Å². The summed E-state index contributed by atoms with van der Waals surface area (Å²) < 4.78 is 43.5. The van der Waals surface area contributed by atoms with Crippen LogP contribution in [0.25, 0.3) is 11.4 Å². The number of alkyl halides is 3. The van der Waals surface area contributed by atoms with E-state index in [4.69, 9.17) is 4.52 Å². The molecule has 0 N–H and O–H groups in total. The van der Waals surface area contributed by atoms with Crippen molar-refractivity contribution < 1.29 is 27.3 Å². The first-order chi connectivity index (χ1) is 12.8. The number of halogens is 3. The van der Waals surface area contributed by atoms with Crippen LogP contribution in [0, 0.1) is 0 Å². The highest BCUT2D eigenvalue weighted by atomic mass is 19.4. The number of hydrogen-bond donors (Lipinski definition) is 0. The molecule has 3 aromatic rings. The Morgan fingerprint density at radius 2 is 1.63 bits per heavy atom. The molecule has 0 aliphatic carbocycles. The fourth-order valence-corrected chi connectivity index (χ4v) is 2.79. The van der Waals surface area contributed by atoms with Crippen LogP contribution < -0.4 is 0 Å². The maximum atomic E-state index is 12.8. The molecule has 0 saturated carbocycles. The third kappa shape index (κ3) is 2.97. The molecule has 1 aromatic heterocycles. The highest BCUT2D eigenvalue weighted by molar-refractivity contribution is 6.21. The fraction of sp³-hybridized carbons (Fsp3) is 0.111. The van der Waals surface area contributed by atoms with Gasteiger partial charge in [0.25, 0.3) is 11.8 Å². The number of carbonyl (C=O) groups is 2. The minimum Gasteiger partial charge on any atom is -0.337 e. The quantitative estimate of drug-likeness (QED) is 0.657. The maximum absolute atomic E-state index is 12.8. The number of hydrogen-bond acceptors (Lipinski definition) is 5. The molecule has 1 aliphatic rings. The maximum Gasteiger partial charge on any atom is 0.416 e. The van der Waals surface area contributed by atoms with Gasteiger partial charge < -0.3 is 4.52 Å². The fourth-order valence-electron chi connectivity index (χ4n) is 2.79. The first-order valence-electron chi connectivity index (χ1n) is 7.80. The molecule has 2 amide bonds. The van der Waals surface area contributed by atoms with Gasteiger partial charge in [0.15, 0.2) is 0 Å². The van der Waals surface area contributed by atoms with E-state index in [0.29, 0.717) is 0 Å². The smallest absolute Gasteiger partial charge is 0.337 e. The van der Waals surface area contributed by atoms with Gasteiger partial charge in [-0.1, -0.05) is 29.4 Å². The third-order valence-electron chi connectivity index (χ3n) is 4.09. The minimum atomic E-state index is -4.50. The van der Waals surface area contributed by atoms with Gasteiger partial charge in [-0.2, -0.15) is 18.2 Å². The molecule has 0 saturated heterocycles. The van der Waals surface area contributed by atoms with Crippen LogP contribution in [0.1, 0.15) is 32.2 Å². The summed E-state index contributed by atoms with van der Waals surface area (Å²) in [5, 5.41) is 3.65. The van der Waals surface area contributed by atoms with E-state index in [1.54, 1.807) is 12.1 Å². The summed E-state index contributed by atoms with van der Waals surface area (Å²) in [7, 11) is 0. The van der Waals surface area contributed by atoms with E-state index >= 15 is 0 Å². The van der Waals surface area contributed by atoms with Gasteiger partial charge in [0.05, 0.1) is 16.7 Å². The number of carbonyl (C=O) groups excluding carboxylic acids is 2. The summed E-state index contributed by atoms with van der Waals surface area (Å²) in [6.45, 7) is -0.266. The molecule has 0 bridgehead atoms. The molecule has 4 rings (SSSR count). The minimum absolute atomic E-state index is 0.0584. The third-order valence-corrected chi connectivity index (χ3v) is 4.09. The van der Waals surface area contributed by atoms with E-state index < -0.39 is 23.6 Å². The average molecular weight is 373 g/mol. The van der Waals surface area contributed by atoms with Gasteiger partial charge in [-0.05, 0) is 24.3 Å². The standard InChI is InChI=1S/C18H10F3N3O3/c19-18(20,21)11-5-3-4-10(8-11)15-22-14(27-23-15)9-24-16(25)12-6-1-2-7-13(12)17(24)26/h1-8H,9H2. The van der Waals surface area contributed by atoms with Crippen LogP contribution in [0.15, 0.2) is 53.1 Å². The largest absolute Gasteiger partial charge is 0.416 e. The van der Waals surface area contributed by atoms with Crippen LogP contribution in [0.4, 0.5) is 13.2 Å². The van der Waals surface area contributed by atoms with Gasteiger partial charge in [-0.3, -0.25) is 14.5 Å². The lowest BCUT2D eigenvalue weighted by Crippen LogP contribution is -2.29. The number of benzene rings is 2. The molecule has 0 unspecified atom stereocenters. The van der Waals surface area contributed by atoms with Gasteiger partial charge in [0.2, 0.25) is 11.7 Å². The molecule has 27 heavy (non-hydrogen) atoms. The summed E-state index contributed by atoms with van der Waals surface area (Å²) in [4.78, 5) is 29.6. The lowest BCUT2D eigenvalue weighted by Gasteiger charge is -2.10. The van der Waals surface area contributed by atoms with Crippen molar-refractivity contribution in [2.75, 3.05) is 0 Å². The van der Waals surface area contributed by atoms with Crippen molar-refractivity contribution in [3.8, 4) is 11.4 Å². The highest BCUT2D eigenvalue weighted by Gasteiger charge is 2.36. The molecule has 2 heterocycles. The second-order valence-corrected chi connectivity index (χ2v) is 5.83. The zero-order valence-electron chi connectivity index (χ0n) is 13.5. The average Bonchev–Trinajstić information content (AvgIpc) is 3.21. The molecule has 0 atom stereocenters. The van der Waals surface area contributed by atoms with Crippen molar-refractivity contribution in [1.82, 2.24) is 15.0 Å². The van der Waals surface area contributed by atoms with Crippen LogP contribution in [0.2, 0.25) is 0 Å². The summed E-state index contributed by atoms with van der Waals surface area (Å²) in [5.74, 6) is -1.10. The van der Waals surface area contributed by atoms with E-state index in [9.17, 15) is 22.8 Å². The van der Waals surface area contributed by atoms with Crippen LogP contribution in [-0.2, 0) is 12.7 Å². The molecular formula is C18H10F3N3O3. The van der Waals surface area contributed by atoms with Crippen molar-refractivity contribution in [3.63, 3.8) is 0 Å². The Morgan fingerprint density at radius 1 is 0.963 bits per heavy atom. The van der Waals surface area contributed by atoms with Gasteiger partial charge in [0.1, 0.15) is 6.54 Å². The van der Waals surface area contributed by atoms with Gasteiger partial charge in [0, 0.05) is 5.56 Å². The second kappa shape index (κ2) is 6.04. The van der Waals surface area contributed by atoms with Gasteiger partial charge in [-0.25, -0.2) is 0 Å². The molecule has 1 aliphatic heterocycles. The molecule has 136 valence electrons. The highest BCUT2D eigenvalue weighted by Crippen LogP contribution is 2.31. The Kier molecular flexibility index (Phi) is 3.79. The van der Waals surface area contributed by atoms with E-state index in [2.05, 4.69) is 10.1 Å². The number of aromatic nitrogens is 2. The monoisotopic (exact) mass is 373 g/mol. The number of amides is 2. The normalized spacial score (nSPS) is 14.0. The van der Waals surface area contributed by atoms with Gasteiger partial charge in [-0.15, -0.1) is 0 Å². The predicted octanol–water partition coefficient (Wildman–Crippen LogP) is 3.55. The van der Waals surface area contributed by atoms with E-state index in [-0.39, 0.29) is 35.0 Å². The Morgan fingerprint density at radius 3 is 2.26 bits per heavy atom. The molecule has 2 aromatic carbocycles. The first-order valence-corrected chi connectivity index (χ1v) is 7.80. The Balaban J connectivity index is 1.58. The van der Waals surface area contributed by atoms with Crippen molar-refractivity contribution >= 4 is 11.8 Å². The molecule has 9 heteroatoms. The summed E-state index contributed by atoms with van der Waals surface area (Å²) >= 11 is 0. The zero-order chi connectivity index (χ0) is 19.2. The summed E-state index contributed by atoms with van der Waals surface area (Å²) in [6.07, 6.45) is -4.50. The molecule has 0 radical (unpaired) electrons. The number of rotatable bonds is 3. The summed E-state index contributed by atoms with van der Waals surface area (Å²) in [6, 6.07) is 10.8. The van der Waals surface area contributed by atoms with Crippen LogP contribution >= 0.6 is 0 Å². The Labute approximate surface area is 150 Å². The molecule has 6 nitrogen and oxygen atoms in total. The van der Waals surface area contributed by atoms with Crippen LogP contribution in [-0.4, -0.2) is 26.9 Å². The lowest BCUT2D eigenvalue weighted by molar-refractivity contribution is -0.137. The van der Waals surface area contributed by atoms with Gasteiger partial charge >= 0.3 is 6.18 Å². The van der Waals surface area contributed by atoms with E-state index in [1.165, 1.54) is 24.3 Å². The van der Waals surface area contributed by atoms with Crippen LogP contribution in [0.5, 0.6) is 0 Å². The zero-order valence-corrected chi connectivity index (χ0v) is 13.5. The topological polar surface area (TPSA) is 76.3 Å². The van der Waals surface area contributed by atoms with E-state index in [0.717, 1.165) is 17.0 Å². The van der Waals surface area contributed by atoms with Crippen LogP contribution in [0.3, 0.4) is 0 Å². The second-order valence-electron chi connectivity index (χ2n) is 5.83. The SMILES string of the molecule is O=C1c2ccccc2C(=O)N1Cc1nc(-c2cccc(C(F)(F)F)c2)no1. The number of nitrogens with zero attached hydrogens (tertiary/aromatic N) is 3. The predicted molar refractivity (Wildman–Crippen MR) is 85.4 cm³/mol. The number of imide groups is 1. The molecule has 0 spiro atoms. The first kappa shape index (κ1) is 17.0. The molecule has 0 fully saturated rings. The summed E-state index contributed by atoms with van der Waals surface area (Å²) in [5.41, 5.74) is -0.172. The Bertz CT molecular complexity index is 1020. The van der Waals surface area contributed by atoms with Crippen molar-refractivity contribution in [2.24, 2.45) is 0 Å².